The number of sulfone groups is 1. The minimum Gasteiger partial charge on any atom is -0.336 e. The van der Waals surface area contributed by atoms with E-state index in [0.717, 1.165) is 13.1 Å². The van der Waals surface area contributed by atoms with Crippen LogP contribution in [0, 0.1) is 0 Å². The molecule has 0 saturated carbocycles. The first-order valence-corrected chi connectivity index (χ1v) is 9.16. The molecule has 7 heteroatoms. The van der Waals surface area contributed by atoms with Crippen LogP contribution in [0.4, 0.5) is 4.79 Å². The highest BCUT2D eigenvalue weighted by molar-refractivity contribution is 7.91. The summed E-state index contributed by atoms with van der Waals surface area (Å²) in [6.45, 7) is 4.94. The zero-order chi connectivity index (χ0) is 14.8. The second kappa shape index (κ2) is 6.30. The number of hydrogen-bond acceptors (Lipinski definition) is 4. The number of carbonyl (C=O) groups excluding carboxylic acids is 1. The molecule has 2 saturated heterocycles. The second-order valence-corrected chi connectivity index (χ2v) is 8.17. The molecule has 2 aliphatic rings. The van der Waals surface area contributed by atoms with Crippen molar-refractivity contribution in [3.63, 3.8) is 0 Å². The fraction of sp³-hybridized carbons (Fsp3) is 0.923. The first-order valence-electron chi connectivity index (χ1n) is 7.34. The normalized spacial score (nSPS) is 27.4. The Morgan fingerprint density at radius 2 is 2.05 bits per heavy atom. The predicted octanol–water partition coefficient (Wildman–Crippen LogP) is 0.299. The summed E-state index contributed by atoms with van der Waals surface area (Å²) in [6.07, 6.45) is 3.02. The van der Waals surface area contributed by atoms with Gasteiger partial charge in [0, 0.05) is 25.7 Å². The first kappa shape index (κ1) is 15.6. The quantitative estimate of drug-likeness (QED) is 0.811. The number of amides is 2. The predicted molar refractivity (Wildman–Crippen MR) is 78.5 cm³/mol. The molecular formula is C13H25N3O3S. The molecule has 0 radical (unpaired) electrons. The van der Waals surface area contributed by atoms with Crippen molar-refractivity contribution in [1.82, 2.24) is 15.1 Å². The molecule has 0 aliphatic carbocycles. The minimum atomic E-state index is -2.95. The van der Waals surface area contributed by atoms with Crippen LogP contribution < -0.4 is 5.32 Å². The third kappa shape index (κ3) is 3.85. The van der Waals surface area contributed by atoms with Crippen molar-refractivity contribution < 1.29 is 13.2 Å². The number of nitrogens with zero attached hydrogens (tertiary/aromatic N) is 2. The lowest BCUT2D eigenvalue weighted by molar-refractivity contribution is 0.187. The van der Waals surface area contributed by atoms with Crippen molar-refractivity contribution >= 4 is 15.9 Å². The van der Waals surface area contributed by atoms with Gasteiger partial charge in [-0.2, -0.15) is 0 Å². The highest BCUT2D eigenvalue weighted by Gasteiger charge is 2.32. The molecule has 0 bridgehead atoms. The van der Waals surface area contributed by atoms with Gasteiger partial charge in [0.2, 0.25) is 0 Å². The number of nitrogens with one attached hydrogen (secondary N) is 1. The molecule has 20 heavy (non-hydrogen) atoms. The molecule has 1 N–H and O–H groups in total. The molecule has 116 valence electrons. The summed E-state index contributed by atoms with van der Waals surface area (Å²) in [4.78, 5) is 16.0. The van der Waals surface area contributed by atoms with Crippen LogP contribution in [0.5, 0.6) is 0 Å². The molecule has 0 aromatic rings. The largest absolute Gasteiger partial charge is 0.336 e. The van der Waals surface area contributed by atoms with Gasteiger partial charge in [-0.25, -0.2) is 13.2 Å². The van der Waals surface area contributed by atoms with Gasteiger partial charge in [0.05, 0.1) is 11.5 Å². The zero-order valence-electron chi connectivity index (χ0n) is 12.3. The standard InChI is InChI=1S/C13H25N3O3S/c1-11(16-6-3-4-7-16)9-14-13(17)15(2)12-5-8-20(18,19)10-12/h11-12H,3-10H2,1-2H3,(H,14,17)/t11-,12+/m1/s1. The molecule has 2 fully saturated rings. The number of urea groups is 1. The van der Waals surface area contributed by atoms with Crippen molar-refractivity contribution in [1.29, 1.82) is 0 Å². The van der Waals surface area contributed by atoms with Crippen LogP contribution in [0.2, 0.25) is 0 Å². The van der Waals surface area contributed by atoms with E-state index in [4.69, 9.17) is 0 Å². The molecule has 2 rings (SSSR count). The van der Waals surface area contributed by atoms with E-state index in [1.165, 1.54) is 12.8 Å². The number of rotatable bonds is 4. The van der Waals surface area contributed by atoms with Crippen LogP contribution in [0.3, 0.4) is 0 Å². The van der Waals surface area contributed by atoms with Crippen molar-refractivity contribution in [3.8, 4) is 0 Å². The highest BCUT2D eigenvalue weighted by atomic mass is 32.2. The Bertz CT molecular complexity index is 446. The van der Waals surface area contributed by atoms with E-state index in [9.17, 15) is 13.2 Å². The Hall–Kier alpha value is -0.820. The summed E-state index contributed by atoms with van der Waals surface area (Å²) >= 11 is 0. The van der Waals surface area contributed by atoms with Gasteiger partial charge in [-0.05, 0) is 39.3 Å². The van der Waals surface area contributed by atoms with E-state index < -0.39 is 9.84 Å². The minimum absolute atomic E-state index is 0.0958. The fourth-order valence-corrected chi connectivity index (χ4v) is 4.69. The van der Waals surface area contributed by atoms with E-state index in [1.807, 2.05) is 0 Å². The van der Waals surface area contributed by atoms with E-state index in [2.05, 4.69) is 17.1 Å². The molecule has 0 unspecified atom stereocenters. The third-order valence-electron chi connectivity index (χ3n) is 4.39. The van der Waals surface area contributed by atoms with E-state index in [-0.39, 0.29) is 23.6 Å². The maximum atomic E-state index is 12.1. The number of hydrogen-bond donors (Lipinski definition) is 1. The number of likely N-dealkylation sites (tertiary alicyclic amines) is 1. The Morgan fingerprint density at radius 1 is 1.40 bits per heavy atom. The van der Waals surface area contributed by atoms with Gasteiger partial charge in [-0.3, -0.25) is 4.90 Å². The molecule has 0 aromatic heterocycles. The Morgan fingerprint density at radius 3 is 2.60 bits per heavy atom. The molecule has 2 atom stereocenters. The van der Waals surface area contributed by atoms with Crippen LogP contribution >= 0.6 is 0 Å². The summed E-state index contributed by atoms with van der Waals surface area (Å²) in [5, 5.41) is 2.91. The molecule has 0 spiro atoms. The summed E-state index contributed by atoms with van der Waals surface area (Å²) in [6, 6.07) is -0.0117. The lowest BCUT2D eigenvalue weighted by Crippen LogP contribution is -2.48. The SMILES string of the molecule is C[C@H](CNC(=O)N(C)[C@H]1CCS(=O)(=O)C1)N1CCCC1. The fourth-order valence-electron chi connectivity index (χ4n) is 2.92. The van der Waals surface area contributed by atoms with E-state index in [1.54, 1.807) is 11.9 Å². The van der Waals surface area contributed by atoms with E-state index in [0.29, 0.717) is 19.0 Å². The van der Waals surface area contributed by atoms with Crippen molar-refractivity contribution in [3.05, 3.63) is 0 Å². The second-order valence-electron chi connectivity index (χ2n) is 5.95. The molecule has 0 aromatic carbocycles. The highest BCUT2D eigenvalue weighted by Crippen LogP contribution is 2.16. The van der Waals surface area contributed by atoms with Gasteiger partial charge in [-0.1, -0.05) is 0 Å². The first-order chi connectivity index (χ1) is 9.39. The van der Waals surface area contributed by atoms with Crippen LogP contribution in [0.1, 0.15) is 26.2 Å². The molecular weight excluding hydrogens is 278 g/mol. The average Bonchev–Trinajstić information content (AvgIpc) is 3.03. The van der Waals surface area contributed by atoms with Gasteiger partial charge in [0.1, 0.15) is 0 Å². The smallest absolute Gasteiger partial charge is 0.317 e. The van der Waals surface area contributed by atoms with Crippen LogP contribution in [0.25, 0.3) is 0 Å². The van der Waals surface area contributed by atoms with Crippen molar-refractivity contribution in [2.75, 3.05) is 38.2 Å². The number of carbonyl (C=O) groups is 1. The zero-order valence-corrected chi connectivity index (χ0v) is 13.2. The summed E-state index contributed by atoms with van der Waals surface area (Å²) in [5.41, 5.74) is 0. The van der Waals surface area contributed by atoms with Crippen molar-refractivity contribution in [2.45, 2.75) is 38.3 Å². The summed E-state index contributed by atoms with van der Waals surface area (Å²) in [5.74, 6) is 0.290. The monoisotopic (exact) mass is 303 g/mol. The van der Waals surface area contributed by atoms with Gasteiger partial charge < -0.3 is 10.2 Å². The molecule has 6 nitrogen and oxygen atoms in total. The topological polar surface area (TPSA) is 69.7 Å². The molecule has 2 amide bonds. The summed E-state index contributed by atoms with van der Waals surface area (Å²) in [7, 11) is -1.27. The lowest BCUT2D eigenvalue weighted by Gasteiger charge is -2.27. The van der Waals surface area contributed by atoms with Gasteiger partial charge >= 0.3 is 6.03 Å². The Labute approximate surface area is 121 Å². The van der Waals surface area contributed by atoms with Crippen LogP contribution in [0.15, 0.2) is 0 Å². The van der Waals surface area contributed by atoms with Gasteiger partial charge in [0.25, 0.3) is 0 Å². The average molecular weight is 303 g/mol. The van der Waals surface area contributed by atoms with Gasteiger partial charge in [0.15, 0.2) is 9.84 Å². The third-order valence-corrected chi connectivity index (χ3v) is 6.14. The Kier molecular flexibility index (Phi) is 4.90. The summed E-state index contributed by atoms with van der Waals surface area (Å²) < 4.78 is 22.9. The van der Waals surface area contributed by atoms with Crippen LogP contribution in [-0.2, 0) is 9.84 Å². The molecule has 2 aliphatic heterocycles. The van der Waals surface area contributed by atoms with Crippen LogP contribution in [-0.4, -0.2) is 74.5 Å². The maximum Gasteiger partial charge on any atom is 0.317 e. The Balaban J connectivity index is 1.76. The maximum absolute atomic E-state index is 12.1. The van der Waals surface area contributed by atoms with Crippen molar-refractivity contribution in [2.24, 2.45) is 0 Å². The molecule has 2 heterocycles. The van der Waals surface area contributed by atoms with Gasteiger partial charge in [-0.15, -0.1) is 0 Å². The van der Waals surface area contributed by atoms with E-state index >= 15 is 0 Å². The lowest BCUT2D eigenvalue weighted by atomic mass is 10.2.